The summed E-state index contributed by atoms with van der Waals surface area (Å²) < 4.78 is 8.81. The van der Waals surface area contributed by atoms with E-state index in [-0.39, 0.29) is 18.4 Å². The van der Waals surface area contributed by atoms with Crippen molar-refractivity contribution >= 4 is 18.4 Å². The van der Waals surface area contributed by atoms with Crippen LogP contribution in [0, 0.1) is 6.92 Å². The summed E-state index contributed by atoms with van der Waals surface area (Å²) in [6.45, 7) is 4.59. The van der Waals surface area contributed by atoms with Gasteiger partial charge in [0.25, 0.3) is 0 Å². The number of rotatable bonds is 3. The second-order valence-corrected chi connectivity index (χ2v) is 6.03. The Hall–Kier alpha value is -2.64. The minimum atomic E-state index is -0.355. The minimum Gasteiger partial charge on any atom is -0.465 e. The number of nitrogens with zero attached hydrogens (tertiary/aromatic N) is 4. The topological polar surface area (TPSA) is 74.0 Å². The zero-order valence-corrected chi connectivity index (χ0v) is 15.4. The van der Waals surface area contributed by atoms with Gasteiger partial charge in [0, 0.05) is 25.5 Å². The van der Waals surface area contributed by atoms with Gasteiger partial charge in [-0.1, -0.05) is 6.07 Å². The number of fused-ring (bicyclic) bond motifs is 1. The largest absolute Gasteiger partial charge is 0.465 e. The zero-order chi connectivity index (χ0) is 17.4. The smallest absolute Gasteiger partial charge is 0.337 e. The number of aryl methyl sites for hydroxylation is 1. The van der Waals surface area contributed by atoms with E-state index in [1.165, 1.54) is 7.11 Å². The highest BCUT2D eigenvalue weighted by Gasteiger charge is 2.18. The lowest BCUT2D eigenvalue weighted by Crippen LogP contribution is -2.28. The molecular formula is C18H20ClN5O2. The van der Waals surface area contributed by atoms with Gasteiger partial charge in [0.05, 0.1) is 30.6 Å². The second kappa shape index (κ2) is 7.31. The van der Waals surface area contributed by atoms with Crippen LogP contribution in [0.3, 0.4) is 0 Å². The summed E-state index contributed by atoms with van der Waals surface area (Å²) in [6.07, 6.45) is 3.63. The number of aromatic nitrogens is 4. The monoisotopic (exact) mass is 373 g/mol. The first-order valence-corrected chi connectivity index (χ1v) is 8.18. The number of hydrogen-bond donors (Lipinski definition) is 1. The lowest BCUT2D eigenvalue weighted by Gasteiger charge is -2.13. The number of esters is 1. The summed E-state index contributed by atoms with van der Waals surface area (Å²) in [6, 6.07) is 7.56. The number of ether oxygens (including phenoxy) is 1. The van der Waals surface area contributed by atoms with E-state index < -0.39 is 0 Å². The highest BCUT2D eigenvalue weighted by molar-refractivity contribution is 5.90. The molecule has 1 aromatic carbocycles. The van der Waals surface area contributed by atoms with Crippen molar-refractivity contribution in [2.75, 3.05) is 13.7 Å². The Morgan fingerprint density at radius 3 is 2.92 bits per heavy atom. The van der Waals surface area contributed by atoms with Crippen LogP contribution in [-0.2, 0) is 17.8 Å². The van der Waals surface area contributed by atoms with Crippen LogP contribution in [0.25, 0.3) is 17.2 Å². The third-order valence-electron chi connectivity index (χ3n) is 4.43. The summed E-state index contributed by atoms with van der Waals surface area (Å²) in [4.78, 5) is 16.4. The number of halogens is 1. The standard InChI is InChI=1S/C18H19N5O2.ClH/c1-12-3-4-13(18(24)25-2)9-16(12)22-7-6-20-17(22)15-10-14-11-19-5-8-23(14)21-15;/h3-4,6-7,9-10,19H,5,8,11H2,1-2H3;1H. The number of hydrogen-bond acceptors (Lipinski definition) is 5. The molecule has 0 aliphatic carbocycles. The molecule has 0 atom stereocenters. The van der Waals surface area contributed by atoms with Gasteiger partial charge in [-0.25, -0.2) is 9.78 Å². The summed E-state index contributed by atoms with van der Waals surface area (Å²) in [5, 5.41) is 8.03. The van der Waals surface area contributed by atoms with E-state index in [0.29, 0.717) is 5.56 Å². The van der Waals surface area contributed by atoms with E-state index in [4.69, 9.17) is 4.74 Å². The predicted molar refractivity (Wildman–Crippen MR) is 99.8 cm³/mol. The van der Waals surface area contributed by atoms with Gasteiger partial charge < -0.3 is 10.1 Å². The molecule has 7 nitrogen and oxygen atoms in total. The van der Waals surface area contributed by atoms with Crippen molar-refractivity contribution in [2.45, 2.75) is 20.0 Å². The Morgan fingerprint density at radius 1 is 1.31 bits per heavy atom. The second-order valence-electron chi connectivity index (χ2n) is 6.03. The highest BCUT2D eigenvalue weighted by atomic mass is 35.5. The maximum atomic E-state index is 11.9. The molecule has 3 heterocycles. The molecule has 3 aromatic rings. The molecule has 0 saturated heterocycles. The fourth-order valence-electron chi connectivity index (χ4n) is 3.10. The first kappa shape index (κ1) is 18.2. The van der Waals surface area contributed by atoms with E-state index >= 15 is 0 Å². The molecule has 0 amide bonds. The molecule has 136 valence electrons. The molecule has 4 rings (SSSR count). The van der Waals surface area contributed by atoms with Crippen molar-refractivity contribution in [3.8, 4) is 17.2 Å². The first-order chi connectivity index (χ1) is 12.2. The van der Waals surface area contributed by atoms with Gasteiger partial charge in [-0.2, -0.15) is 5.10 Å². The number of imidazole rings is 1. The maximum Gasteiger partial charge on any atom is 0.337 e. The van der Waals surface area contributed by atoms with Crippen molar-refractivity contribution in [1.29, 1.82) is 0 Å². The van der Waals surface area contributed by atoms with Crippen LogP contribution in [0.15, 0.2) is 36.7 Å². The molecule has 0 fully saturated rings. The average molecular weight is 374 g/mol. The molecule has 26 heavy (non-hydrogen) atoms. The molecule has 0 saturated carbocycles. The Morgan fingerprint density at radius 2 is 2.15 bits per heavy atom. The number of carbonyl (C=O) groups is 1. The molecule has 0 bridgehead atoms. The van der Waals surface area contributed by atoms with E-state index in [2.05, 4.69) is 21.5 Å². The van der Waals surface area contributed by atoms with Crippen LogP contribution >= 0.6 is 12.4 Å². The summed E-state index contributed by atoms with van der Waals surface area (Å²) in [5.74, 6) is 0.401. The van der Waals surface area contributed by atoms with Gasteiger partial charge >= 0.3 is 5.97 Å². The van der Waals surface area contributed by atoms with E-state index in [0.717, 1.165) is 48.1 Å². The maximum absolute atomic E-state index is 11.9. The van der Waals surface area contributed by atoms with Crippen molar-refractivity contribution in [1.82, 2.24) is 24.6 Å². The van der Waals surface area contributed by atoms with E-state index in [1.807, 2.05) is 34.5 Å². The van der Waals surface area contributed by atoms with Gasteiger partial charge in [0.2, 0.25) is 0 Å². The highest BCUT2D eigenvalue weighted by Crippen LogP contribution is 2.25. The van der Waals surface area contributed by atoms with Crippen LogP contribution in [0.1, 0.15) is 21.6 Å². The van der Waals surface area contributed by atoms with Gasteiger partial charge in [-0.05, 0) is 30.7 Å². The number of methoxy groups -OCH3 is 1. The number of carbonyl (C=O) groups excluding carboxylic acids is 1. The zero-order valence-electron chi connectivity index (χ0n) is 14.6. The van der Waals surface area contributed by atoms with Crippen LogP contribution in [0.4, 0.5) is 0 Å². The Kier molecular flexibility index (Phi) is 5.11. The molecule has 8 heteroatoms. The van der Waals surface area contributed by atoms with Crippen LogP contribution in [0.2, 0.25) is 0 Å². The minimum absolute atomic E-state index is 0. The normalized spacial score (nSPS) is 13.0. The molecule has 1 aliphatic heterocycles. The third-order valence-corrected chi connectivity index (χ3v) is 4.43. The SMILES string of the molecule is COC(=O)c1ccc(C)c(-n2ccnc2-c2cc3n(n2)CCNC3)c1.Cl. The molecule has 1 N–H and O–H groups in total. The van der Waals surface area contributed by atoms with Crippen LogP contribution in [0.5, 0.6) is 0 Å². The van der Waals surface area contributed by atoms with Crippen LogP contribution in [-0.4, -0.2) is 39.0 Å². The molecule has 1 aliphatic rings. The average Bonchev–Trinajstić information content (AvgIpc) is 3.27. The van der Waals surface area contributed by atoms with Crippen molar-refractivity contribution in [3.05, 3.63) is 53.5 Å². The van der Waals surface area contributed by atoms with Crippen molar-refractivity contribution < 1.29 is 9.53 Å². The molecule has 0 unspecified atom stereocenters. The molecule has 0 spiro atoms. The van der Waals surface area contributed by atoms with E-state index in [9.17, 15) is 4.79 Å². The fraction of sp³-hybridized carbons (Fsp3) is 0.278. The van der Waals surface area contributed by atoms with Crippen molar-refractivity contribution in [2.24, 2.45) is 0 Å². The van der Waals surface area contributed by atoms with Gasteiger partial charge in [-0.15, -0.1) is 12.4 Å². The van der Waals surface area contributed by atoms with Crippen LogP contribution < -0.4 is 5.32 Å². The third kappa shape index (κ3) is 3.11. The summed E-state index contributed by atoms with van der Waals surface area (Å²) in [7, 11) is 1.38. The van der Waals surface area contributed by atoms with Gasteiger partial charge in [0.1, 0.15) is 5.69 Å². The molecular weight excluding hydrogens is 354 g/mol. The number of benzene rings is 1. The molecule has 2 aromatic heterocycles. The van der Waals surface area contributed by atoms with Gasteiger partial charge in [0.15, 0.2) is 5.82 Å². The fourth-order valence-corrected chi connectivity index (χ4v) is 3.10. The molecule has 0 radical (unpaired) electrons. The lowest BCUT2D eigenvalue weighted by atomic mass is 10.1. The summed E-state index contributed by atoms with van der Waals surface area (Å²) >= 11 is 0. The predicted octanol–water partition coefficient (Wildman–Crippen LogP) is 2.36. The number of nitrogens with one attached hydrogen (secondary N) is 1. The quantitative estimate of drug-likeness (QED) is 0.713. The Balaban J connectivity index is 0.00000196. The van der Waals surface area contributed by atoms with Gasteiger partial charge in [-0.3, -0.25) is 9.25 Å². The van der Waals surface area contributed by atoms with Crippen molar-refractivity contribution in [3.63, 3.8) is 0 Å². The Bertz CT molecular complexity index is 923. The lowest BCUT2D eigenvalue weighted by molar-refractivity contribution is 0.0600. The first-order valence-electron chi connectivity index (χ1n) is 8.18. The Labute approximate surface area is 157 Å². The van der Waals surface area contributed by atoms with E-state index in [1.54, 1.807) is 12.3 Å². The summed E-state index contributed by atoms with van der Waals surface area (Å²) in [5.41, 5.74) is 4.41.